The van der Waals surface area contributed by atoms with Gasteiger partial charge >= 0.3 is 0 Å². The molecular formula is C22H28N2O2S. The standard InChI is InChI=1S/C22H28N2O2S/c1-17(18-11-13-20(14-12-18)27(2)26)23-21(19-9-5-3-6-10-19)22(25)24-15-7-4-8-16-24/h3,5-6,9-14,17,21,23H,4,7-8,15-16H2,1-2H3/t17-,21+,27-/m0/s1. The molecule has 5 heteroatoms. The van der Waals surface area contributed by atoms with Crippen LogP contribution >= 0.6 is 0 Å². The van der Waals surface area contributed by atoms with Crippen molar-refractivity contribution in [1.82, 2.24) is 10.2 Å². The highest BCUT2D eigenvalue weighted by Crippen LogP contribution is 2.24. The molecule has 2 aromatic rings. The predicted molar refractivity (Wildman–Crippen MR) is 110 cm³/mol. The fraction of sp³-hybridized carbons (Fsp3) is 0.409. The van der Waals surface area contributed by atoms with Gasteiger partial charge in [-0.05, 0) is 49.4 Å². The Kier molecular flexibility index (Phi) is 6.80. The van der Waals surface area contributed by atoms with Gasteiger partial charge in [-0.25, -0.2) is 0 Å². The lowest BCUT2D eigenvalue weighted by molar-refractivity contribution is -0.134. The van der Waals surface area contributed by atoms with Crippen LogP contribution in [0, 0.1) is 0 Å². The zero-order valence-electron chi connectivity index (χ0n) is 16.1. The highest BCUT2D eigenvalue weighted by atomic mass is 32.2. The molecule has 3 atom stereocenters. The highest BCUT2D eigenvalue weighted by molar-refractivity contribution is 7.84. The van der Waals surface area contributed by atoms with E-state index in [0.717, 1.165) is 42.0 Å². The first-order chi connectivity index (χ1) is 13.1. The molecule has 1 aliphatic rings. The second-order valence-electron chi connectivity index (χ2n) is 7.14. The van der Waals surface area contributed by atoms with Crippen molar-refractivity contribution in [2.24, 2.45) is 0 Å². The van der Waals surface area contributed by atoms with E-state index in [2.05, 4.69) is 12.2 Å². The molecule has 0 aliphatic carbocycles. The maximum absolute atomic E-state index is 13.2. The SMILES string of the molecule is C[C@H](N[C@@H](C(=O)N1CCCCC1)c1ccccc1)c1ccc([S@](C)=O)cc1. The summed E-state index contributed by atoms with van der Waals surface area (Å²) in [4.78, 5) is 16.0. The zero-order valence-corrected chi connectivity index (χ0v) is 16.9. The van der Waals surface area contributed by atoms with Crippen molar-refractivity contribution in [3.05, 3.63) is 65.7 Å². The Labute approximate surface area is 164 Å². The summed E-state index contributed by atoms with van der Waals surface area (Å²) in [5, 5.41) is 3.53. The third-order valence-electron chi connectivity index (χ3n) is 5.18. The molecule has 27 heavy (non-hydrogen) atoms. The molecule has 1 saturated heterocycles. The summed E-state index contributed by atoms with van der Waals surface area (Å²) in [6, 6.07) is 17.4. The van der Waals surface area contributed by atoms with Crippen LogP contribution in [0.1, 0.15) is 49.4 Å². The van der Waals surface area contributed by atoms with Crippen LogP contribution < -0.4 is 5.32 Å². The molecule has 1 heterocycles. The largest absolute Gasteiger partial charge is 0.341 e. The van der Waals surface area contributed by atoms with E-state index in [1.54, 1.807) is 6.26 Å². The van der Waals surface area contributed by atoms with Crippen LogP contribution in [-0.2, 0) is 15.6 Å². The Hall–Kier alpha value is -1.98. The van der Waals surface area contributed by atoms with E-state index < -0.39 is 10.8 Å². The van der Waals surface area contributed by atoms with E-state index in [0.29, 0.717) is 0 Å². The zero-order chi connectivity index (χ0) is 19.2. The fourth-order valence-corrected chi connectivity index (χ4v) is 4.07. The van der Waals surface area contributed by atoms with E-state index in [1.165, 1.54) is 6.42 Å². The molecule has 1 amide bonds. The fourth-order valence-electron chi connectivity index (χ4n) is 3.55. The predicted octanol–water partition coefficient (Wildman–Crippen LogP) is 3.83. The van der Waals surface area contributed by atoms with Crippen molar-refractivity contribution >= 4 is 16.7 Å². The van der Waals surface area contributed by atoms with Crippen LogP contribution in [0.5, 0.6) is 0 Å². The topological polar surface area (TPSA) is 49.4 Å². The van der Waals surface area contributed by atoms with Gasteiger partial charge in [-0.2, -0.15) is 0 Å². The van der Waals surface area contributed by atoms with Crippen LogP contribution in [-0.4, -0.2) is 34.4 Å². The maximum Gasteiger partial charge on any atom is 0.244 e. The molecule has 2 aromatic carbocycles. The van der Waals surface area contributed by atoms with Gasteiger partial charge in [-0.3, -0.25) is 14.3 Å². The normalized spacial score (nSPS) is 17.9. The van der Waals surface area contributed by atoms with Gasteiger partial charge in [0, 0.05) is 41.1 Å². The van der Waals surface area contributed by atoms with Crippen molar-refractivity contribution in [2.75, 3.05) is 19.3 Å². The van der Waals surface area contributed by atoms with E-state index >= 15 is 0 Å². The number of amides is 1. The van der Waals surface area contributed by atoms with Gasteiger partial charge in [-0.1, -0.05) is 42.5 Å². The molecule has 0 spiro atoms. The Morgan fingerprint density at radius 2 is 1.59 bits per heavy atom. The second kappa shape index (κ2) is 9.29. The molecule has 1 fully saturated rings. The summed E-state index contributed by atoms with van der Waals surface area (Å²) < 4.78 is 11.6. The van der Waals surface area contributed by atoms with Crippen LogP contribution in [0.15, 0.2) is 59.5 Å². The monoisotopic (exact) mass is 384 g/mol. The van der Waals surface area contributed by atoms with Gasteiger partial charge in [0.15, 0.2) is 0 Å². The van der Waals surface area contributed by atoms with E-state index in [-0.39, 0.29) is 18.0 Å². The lowest BCUT2D eigenvalue weighted by Gasteiger charge is -2.32. The van der Waals surface area contributed by atoms with Gasteiger partial charge in [0.2, 0.25) is 5.91 Å². The molecule has 0 radical (unpaired) electrons. The van der Waals surface area contributed by atoms with E-state index in [9.17, 15) is 9.00 Å². The number of piperidine rings is 1. The number of nitrogens with one attached hydrogen (secondary N) is 1. The molecular weight excluding hydrogens is 356 g/mol. The van der Waals surface area contributed by atoms with Crippen molar-refractivity contribution in [3.63, 3.8) is 0 Å². The number of rotatable bonds is 6. The number of carbonyl (C=O) groups excluding carboxylic acids is 1. The summed E-state index contributed by atoms with van der Waals surface area (Å²) >= 11 is 0. The minimum absolute atomic E-state index is 0.00304. The first-order valence-electron chi connectivity index (χ1n) is 9.59. The quantitative estimate of drug-likeness (QED) is 0.823. The number of likely N-dealkylation sites (tertiary alicyclic amines) is 1. The molecule has 0 bridgehead atoms. The van der Waals surface area contributed by atoms with Crippen molar-refractivity contribution in [3.8, 4) is 0 Å². The maximum atomic E-state index is 13.2. The Morgan fingerprint density at radius 3 is 2.19 bits per heavy atom. The first-order valence-corrected chi connectivity index (χ1v) is 11.2. The minimum atomic E-state index is -0.983. The van der Waals surface area contributed by atoms with Crippen molar-refractivity contribution < 1.29 is 9.00 Å². The van der Waals surface area contributed by atoms with Crippen molar-refractivity contribution in [2.45, 2.75) is 43.2 Å². The smallest absolute Gasteiger partial charge is 0.244 e. The number of hydrogen-bond donors (Lipinski definition) is 1. The number of carbonyl (C=O) groups is 1. The molecule has 1 N–H and O–H groups in total. The summed E-state index contributed by atoms with van der Waals surface area (Å²) in [6.07, 6.45) is 5.05. The number of hydrogen-bond acceptors (Lipinski definition) is 3. The average molecular weight is 385 g/mol. The van der Waals surface area contributed by atoms with E-state index in [4.69, 9.17) is 0 Å². The van der Waals surface area contributed by atoms with Crippen LogP contribution in [0.3, 0.4) is 0 Å². The summed E-state index contributed by atoms with van der Waals surface area (Å²) in [7, 11) is -0.983. The average Bonchev–Trinajstić information content (AvgIpc) is 2.72. The van der Waals surface area contributed by atoms with Gasteiger partial charge in [-0.15, -0.1) is 0 Å². The molecule has 0 unspecified atom stereocenters. The van der Waals surface area contributed by atoms with Crippen molar-refractivity contribution in [1.29, 1.82) is 0 Å². The van der Waals surface area contributed by atoms with Crippen LogP contribution in [0.25, 0.3) is 0 Å². The Balaban J connectivity index is 1.80. The summed E-state index contributed by atoms with van der Waals surface area (Å²) in [5.74, 6) is 0.152. The van der Waals surface area contributed by atoms with Gasteiger partial charge in [0.25, 0.3) is 0 Å². The van der Waals surface area contributed by atoms with Gasteiger partial charge in [0.1, 0.15) is 6.04 Å². The molecule has 144 valence electrons. The number of nitrogens with zero attached hydrogens (tertiary/aromatic N) is 1. The van der Waals surface area contributed by atoms with Crippen LogP contribution in [0.4, 0.5) is 0 Å². The third kappa shape index (κ3) is 5.05. The van der Waals surface area contributed by atoms with E-state index in [1.807, 2.05) is 59.5 Å². The Bertz CT molecular complexity index is 771. The molecule has 1 aliphatic heterocycles. The highest BCUT2D eigenvalue weighted by Gasteiger charge is 2.28. The minimum Gasteiger partial charge on any atom is -0.341 e. The molecule has 0 saturated carbocycles. The third-order valence-corrected chi connectivity index (χ3v) is 6.11. The van der Waals surface area contributed by atoms with Gasteiger partial charge in [0.05, 0.1) is 0 Å². The second-order valence-corrected chi connectivity index (χ2v) is 8.52. The first kappa shape index (κ1) is 19.8. The lowest BCUT2D eigenvalue weighted by atomic mass is 10.0. The summed E-state index contributed by atoms with van der Waals surface area (Å²) in [5.41, 5.74) is 2.07. The summed E-state index contributed by atoms with van der Waals surface area (Å²) in [6.45, 7) is 3.75. The molecule has 4 nitrogen and oxygen atoms in total. The number of benzene rings is 2. The Morgan fingerprint density at radius 1 is 0.963 bits per heavy atom. The molecule has 3 rings (SSSR count). The molecule has 0 aromatic heterocycles. The van der Waals surface area contributed by atoms with Crippen LogP contribution in [0.2, 0.25) is 0 Å². The van der Waals surface area contributed by atoms with Gasteiger partial charge < -0.3 is 4.90 Å². The lowest BCUT2D eigenvalue weighted by Crippen LogP contribution is -2.43.